The van der Waals surface area contributed by atoms with Crippen molar-refractivity contribution in [2.45, 2.75) is 45.3 Å². The van der Waals surface area contributed by atoms with Gasteiger partial charge in [0, 0.05) is 38.2 Å². The van der Waals surface area contributed by atoms with Crippen molar-refractivity contribution in [3.05, 3.63) is 57.2 Å². The Balaban J connectivity index is 1.68. The number of hydrogen-bond donors (Lipinski definition) is 0. The summed E-state index contributed by atoms with van der Waals surface area (Å²) in [4.78, 5) is 26.3. The van der Waals surface area contributed by atoms with E-state index in [-0.39, 0.29) is 34.2 Å². The predicted molar refractivity (Wildman–Crippen MR) is 113 cm³/mol. The Kier molecular flexibility index (Phi) is 6.56. The smallest absolute Gasteiger partial charge is 0.410 e. The highest BCUT2D eigenvalue weighted by Gasteiger charge is 2.28. The van der Waals surface area contributed by atoms with Crippen molar-refractivity contribution in [3.8, 4) is 17.5 Å². The molecule has 164 valence electrons. The minimum Gasteiger partial charge on any atom is -0.488 e. The second kappa shape index (κ2) is 8.98. The van der Waals surface area contributed by atoms with Gasteiger partial charge in [-0.3, -0.25) is 9.36 Å². The van der Waals surface area contributed by atoms with Crippen LogP contribution in [0.4, 0.5) is 9.18 Å². The summed E-state index contributed by atoms with van der Waals surface area (Å²) in [6, 6.07) is 6.85. The van der Waals surface area contributed by atoms with Gasteiger partial charge in [-0.05, 0) is 39.0 Å². The number of carbonyl (C=O) groups is 1. The summed E-state index contributed by atoms with van der Waals surface area (Å²) < 4.78 is 26.4. The zero-order chi connectivity index (χ0) is 22.8. The fourth-order valence-corrected chi connectivity index (χ4v) is 3.39. The fourth-order valence-electron chi connectivity index (χ4n) is 3.19. The number of halogens is 2. The first-order chi connectivity index (χ1) is 14.6. The first kappa shape index (κ1) is 22.6. The number of pyridine rings is 1. The first-order valence-corrected chi connectivity index (χ1v) is 10.2. The molecule has 3 rings (SSSR count). The van der Waals surface area contributed by atoms with E-state index in [2.05, 4.69) is 0 Å². The summed E-state index contributed by atoms with van der Waals surface area (Å²) in [5.41, 5.74) is -0.865. The average Bonchev–Trinajstić information content (AvgIpc) is 2.69. The molecular formula is C22H23ClFN3O4. The van der Waals surface area contributed by atoms with Gasteiger partial charge in [-0.1, -0.05) is 11.6 Å². The molecule has 0 bridgehead atoms. The molecule has 0 radical (unpaired) electrons. The van der Waals surface area contributed by atoms with Crippen LogP contribution in [0.25, 0.3) is 5.69 Å². The number of likely N-dealkylation sites (tertiary alicyclic amines) is 1. The van der Waals surface area contributed by atoms with Crippen LogP contribution in [0.5, 0.6) is 5.75 Å². The van der Waals surface area contributed by atoms with Gasteiger partial charge in [0.2, 0.25) is 0 Å². The summed E-state index contributed by atoms with van der Waals surface area (Å²) in [6.07, 6.45) is 1.93. The lowest BCUT2D eigenvalue weighted by molar-refractivity contribution is 0.0126. The predicted octanol–water partition coefficient (Wildman–Crippen LogP) is 4.28. The normalized spacial score (nSPS) is 14.8. The van der Waals surface area contributed by atoms with Crippen molar-refractivity contribution in [3.63, 3.8) is 0 Å². The number of aromatic nitrogens is 1. The summed E-state index contributed by atoms with van der Waals surface area (Å²) in [5.74, 6) is -0.493. The molecule has 7 nitrogen and oxygen atoms in total. The molecule has 1 saturated heterocycles. The van der Waals surface area contributed by atoms with E-state index in [4.69, 9.17) is 26.3 Å². The van der Waals surface area contributed by atoms with E-state index < -0.39 is 17.0 Å². The molecule has 31 heavy (non-hydrogen) atoms. The molecule has 9 heteroatoms. The van der Waals surface area contributed by atoms with E-state index in [0.717, 1.165) is 6.07 Å². The van der Waals surface area contributed by atoms with Crippen molar-refractivity contribution in [1.29, 1.82) is 5.26 Å². The zero-order valence-corrected chi connectivity index (χ0v) is 18.3. The van der Waals surface area contributed by atoms with Gasteiger partial charge in [-0.2, -0.15) is 5.26 Å². The van der Waals surface area contributed by atoms with E-state index in [1.807, 2.05) is 20.8 Å². The second-order valence-corrected chi connectivity index (χ2v) is 8.66. The first-order valence-electron chi connectivity index (χ1n) is 9.84. The van der Waals surface area contributed by atoms with Crippen molar-refractivity contribution >= 4 is 17.7 Å². The molecule has 0 atom stereocenters. The molecule has 0 unspecified atom stereocenters. The van der Waals surface area contributed by atoms with Gasteiger partial charge in [-0.15, -0.1) is 0 Å². The third-order valence-electron chi connectivity index (χ3n) is 4.71. The lowest BCUT2D eigenvalue weighted by atomic mass is 10.1. The standard InChI is InChI=1S/C22H23ClFN3O4/c1-22(2,3)31-21(29)26-8-6-16(7-9-26)30-19-11-20(28)27(13-17(19)23)15-5-4-14(12-25)18(24)10-15/h4-5,10-11,13,16H,6-9H2,1-3H3. The summed E-state index contributed by atoms with van der Waals surface area (Å²) in [7, 11) is 0. The van der Waals surface area contributed by atoms with E-state index in [0.29, 0.717) is 25.9 Å². The van der Waals surface area contributed by atoms with E-state index in [1.165, 1.54) is 29.0 Å². The number of nitrogens with zero attached hydrogens (tertiary/aromatic N) is 3. The molecule has 1 aliphatic heterocycles. The van der Waals surface area contributed by atoms with Gasteiger partial charge >= 0.3 is 6.09 Å². The van der Waals surface area contributed by atoms with Crippen LogP contribution in [0.1, 0.15) is 39.2 Å². The minimum atomic E-state index is -0.722. The molecule has 0 spiro atoms. The van der Waals surface area contributed by atoms with Crippen LogP contribution >= 0.6 is 11.6 Å². The Labute approximate surface area is 184 Å². The van der Waals surface area contributed by atoms with Crippen molar-refractivity contribution in [2.75, 3.05) is 13.1 Å². The van der Waals surface area contributed by atoms with Gasteiger partial charge in [0.25, 0.3) is 5.56 Å². The van der Waals surface area contributed by atoms with Crippen LogP contribution in [0, 0.1) is 17.1 Å². The lowest BCUT2D eigenvalue weighted by Crippen LogP contribution is -2.44. The Bertz CT molecular complexity index is 1080. The number of benzene rings is 1. The highest BCUT2D eigenvalue weighted by atomic mass is 35.5. The quantitative estimate of drug-likeness (QED) is 0.701. The number of amides is 1. The maximum atomic E-state index is 13.9. The van der Waals surface area contributed by atoms with Crippen LogP contribution < -0.4 is 10.3 Å². The molecule has 0 N–H and O–H groups in total. The molecule has 2 aromatic rings. The van der Waals surface area contributed by atoms with E-state index >= 15 is 0 Å². The lowest BCUT2D eigenvalue weighted by Gasteiger charge is -2.33. The van der Waals surface area contributed by atoms with Crippen LogP contribution in [0.3, 0.4) is 0 Å². The van der Waals surface area contributed by atoms with E-state index in [1.54, 1.807) is 11.0 Å². The van der Waals surface area contributed by atoms with Gasteiger partial charge in [0.1, 0.15) is 29.3 Å². The Morgan fingerprint density at radius 3 is 2.52 bits per heavy atom. The summed E-state index contributed by atoms with van der Waals surface area (Å²) in [6.45, 7) is 6.39. The fraction of sp³-hybridized carbons (Fsp3) is 0.409. The highest BCUT2D eigenvalue weighted by Crippen LogP contribution is 2.27. The second-order valence-electron chi connectivity index (χ2n) is 8.25. The third-order valence-corrected chi connectivity index (χ3v) is 4.99. The Morgan fingerprint density at radius 2 is 1.94 bits per heavy atom. The third kappa shape index (κ3) is 5.56. The molecule has 2 heterocycles. The maximum Gasteiger partial charge on any atom is 0.410 e. The molecular weight excluding hydrogens is 425 g/mol. The largest absolute Gasteiger partial charge is 0.488 e. The van der Waals surface area contributed by atoms with Gasteiger partial charge < -0.3 is 14.4 Å². The number of nitriles is 1. The minimum absolute atomic E-state index is 0.111. The molecule has 1 aromatic heterocycles. The molecule has 1 aliphatic rings. The Morgan fingerprint density at radius 1 is 1.26 bits per heavy atom. The van der Waals surface area contributed by atoms with Crippen LogP contribution in [-0.4, -0.2) is 40.4 Å². The van der Waals surface area contributed by atoms with Crippen molar-refractivity contribution in [1.82, 2.24) is 9.47 Å². The topological polar surface area (TPSA) is 84.6 Å². The van der Waals surface area contributed by atoms with Gasteiger partial charge in [0.15, 0.2) is 0 Å². The number of rotatable bonds is 3. The summed E-state index contributed by atoms with van der Waals surface area (Å²) >= 11 is 6.31. The average molecular weight is 448 g/mol. The number of ether oxygens (including phenoxy) is 2. The van der Waals surface area contributed by atoms with Gasteiger partial charge in [-0.25, -0.2) is 9.18 Å². The number of piperidine rings is 1. The van der Waals surface area contributed by atoms with E-state index in [9.17, 15) is 14.0 Å². The van der Waals surface area contributed by atoms with Gasteiger partial charge in [0.05, 0.1) is 16.3 Å². The Hall–Kier alpha value is -3.05. The molecule has 1 aromatic carbocycles. The number of carbonyl (C=O) groups excluding carboxylic acids is 1. The SMILES string of the molecule is CC(C)(C)OC(=O)N1CCC(Oc2cc(=O)n(-c3ccc(C#N)c(F)c3)cc2Cl)CC1. The van der Waals surface area contributed by atoms with Crippen LogP contribution in [0.15, 0.2) is 35.3 Å². The van der Waals surface area contributed by atoms with Crippen LogP contribution in [-0.2, 0) is 4.74 Å². The summed E-state index contributed by atoms with van der Waals surface area (Å²) in [5, 5.41) is 9.04. The van der Waals surface area contributed by atoms with Crippen LogP contribution in [0.2, 0.25) is 5.02 Å². The molecule has 1 amide bonds. The molecule has 0 aliphatic carbocycles. The maximum absolute atomic E-state index is 13.9. The number of hydrogen-bond acceptors (Lipinski definition) is 5. The zero-order valence-electron chi connectivity index (χ0n) is 17.5. The highest BCUT2D eigenvalue weighted by molar-refractivity contribution is 6.31. The monoisotopic (exact) mass is 447 g/mol. The molecule has 1 fully saturated rings. The van der Waals surface area contributed by atoms with Crippen molar-refractivity contribution < 1.29 is 18.7 Å². The van der Waals surface area contributed by atoms with Crippen molar-refractivity contribution in [2.24, 2.45) is 0 Å². The molecule has 0 saturated carbocycles.